The standard InChI is InChI=1S/C13H19Cl2NO2/c1-8(7-17)9(2)16-6-10-4-11(14)5-12(15)13(10)18-3/h4-5,8-9,16-17H,6-7H2,1-3H3. The van der Waals surface area contributed by atoms with Crippen molar-refractivity contribution in [1.82, 2.24) is 5.32 Å². The molecular formula is C13H19Cl2NO2. The van der Waals surface area contributed by atoms with E-state index in [1.807, 2.05) is 19.9 Å². The van der Waals surface area contributed by atoms with Crippen LogP contribution in [0.25, 0.3) is 0 Å². The Labute approximate surface area is 118 Å². The van der Waals surface area contributed by atoms with E-state index in [2.05, 4.69) is 5.32 Å². The smallest absolute Gasteiger partial charge is 0.142 e. The van der Waals surface area contributed by atoms with Crippen LogP contribution in [0.4, 0.5) is 0 Å². The summed E-state index contributed by atoms with van der Waals surface area (Å²) in [5.41, 5.74) is 0.909. The quantitative estimate of drug-likeness (QED) is 0.846. The normalized spacial score (nSPS) is 14.3. The molecule has 0 saturated carbocycles. The molecule has 0 aliphatic rings. The van der Waals surface area contributed by atoms with Crippen molar-refractivity contribution in [3.05, 3.63) is 27.7 Å². The average molecular weight is 292 g/mol. The summed E-state index contributed by atoms with van der Waals surface area (Å²) in [6.07, 6.45) is 0. The summed E-state index contributed by atoms with van der Waals surface area (Å²) in [5.74, 6) is 0.822. The van der Waals surface area contributed by atoms with Crippen molar-refractivity contribution in [2.24, 2.45) is 5.92 Å². The highest BCUT2D eigenvalue weighted by Crippen LogP contribution is 2.32. The summed E-state index contributed by atoms with van der Waals surface area (Å²) in [5, 5.41) is 13.5. The Bertz CT molecular complexity index is 399. The van der Waals surface area contributed by atoms with Crippen LogP contribution in [0.15, 0.2) is 12.1 Å². The second-order valence-electron chi connectivity index (χ2n) is 4.41. The second-order valence-corrected chi connectivity index (χ2v) is 5.25. The van der Waals surface area contributed by atoms with Gasteiger partial charge in [0.15, 0.2) is 0 Å². The highest BCUT2D eigenvalue weighted by molar-refractivity contribution is 6.35. The van der Waals surface area contributed by atoms with E-state index in [9.17, 15) is 0 Å². The number of methoxy groups -OCH3 is 1. The van der Waals surface area contributed by atoms with E-state index in [0.717, 1.165) is 5.56 Å². The van der Waals surface area contributed by atoms with Crippen LogP contribution in [-0.4, -0.2) is 24.9 Å². The number of ether oxygens (including phenoxy) is 1. The molecule has 3 nitrogen and oxygen atoms in total. The van der Waals surface area contributed by atoms with Crippen molar-refractivity contribution in [3.8, 4) is 5.75 Å². The first-order valence-corrected chi connectivity index (χ1v) is 6.61. The lowest BCUT2D eigenvalue weighted by molar-refractivity contribution is 0.207. The van der Waals surface area contributed by atoms with Gasteiger partial charge in [0.1, 0.15) is 5.75 Å². The third-order valence-electron chi connectivity index (χ3n) is 3.05. The maximum absolute atomic E-state index is 9.08. The van der Waals surface area contributed by atoms with E-state index in [0.29, 0.717) is 22.3 Å². The van der Waals surface area contributed by atoms with Crippen LogP contribution in [0.2, 0.25) is 10.0 Å². The van der Waals surface area contributed by atoms with E-state index >= 15 is 0 Å². The molecule has 0 aliphatic heterocycles. The third-order valence-corrected chi connectivity index (χ3v) is 3.54. The molecule has 1 aromatic carbocycles. The molecule has 1 rings (SSSR count). The summed E-state index contributed by atoms with van der Waals surface area (Å²) < 4.78 is 5.27. The molecule has 18 heavy (non-hydrogen) atoms. The number of hydrogen-bond donors (Lipinski definition) is 2. The Morgan fingerprint density at radius 1 is 1.33 bits per heavy atom. The highest BCUT2D eigenvalue weighted by atomic mass is 35.5. The van der Waals surface area contributed by atoms with Gasteiger partial charge in [0.2, 0.25) is 0 Å². The van der Waals surface area contributed by atoms with E-state index in [-0.39, 0.29) is 18.6 Å². The largest absolute Gasteiger partial charge is 0.495 e. The Kier molecular flexibility index (Phi) is 6.22. The zero-order valence-corrected chi connectivity index (χ0v) is 12.3. The summed E-state index contributed by atoms with van der Waals surface area (Å²) in [7, 11) is 1.58. The first-order chi connectivity index (χ1) is 8.49. The van der Waals surface area contributed by atoms with Crippen molar-refractivity contribution in [2.75, 3.05) is 13.7 Å². The maximum atomic E-state index is 9.08. The Morgan fingerprint density at radius 3 is 2.56 bits per heavy atom. The molecule has 2 N–H and O–H groups in total. The lowest BCUT2D eigenvalue weighted by atomic mass is 10.0. The number of aliphatic hydroxyl groups excluding tert-OH is 1. The minimum atomic E-state index is 0.154. The molecule has 5 heteroatoms. The number of rotatable bonds is 6. The maximum Gasteiger partial charge on any atom is 0.142 e. The molecule has 0 fully saturated rings. The molecule has 0 saturated heterocycles. The Hall–Kier alpha value is -0.480. The zero-order valence-electron chi connectivity index (χ0n) is 10.8. The first-order valence-electron chi connectivity index (χ1n) is 5.85. The van der Waals surface area contributed by atoms with Gasteiger partial charge in [-0.25, -0.2) is 0 Å². The van der Waals surface area contributed by atoms with Gasteiger partial charge in [0.25, 0.3) is 0 Å². The molecule has 102 valence electrons. The molecule has 0 radical (unpaired) electrons. The van der Waals surface area contributed by atoms with Gasteiger partial charge in [-0.15, -0.1) is 0 Å². The van der Waals surface area contributed by atoms with E-state index in [4.69, 9.17) is 33.0 Å². The van der Waals surface area contributed by atoms with Crippen LogP contribution < -0.4 is 10.1 Å². The van der Waals surface area contributed by atoms with Gasteiger partial charge in [-0.3, -0.25) is 0 Å². The van der Waals surface area contributed by atoms with Gasteiger partial charge in [-0.05, 0) is 25.0 Å². The molecule has 0 aromatic heterocycles. The lowest BCUT2D eigenvalue weighted by Gasteiger charge is -2.20. The van der Waals surface area contributed by atoms with Crippen molar-refractivity contribution in [3.63, 3.8) is 0 Å². The van der Waals surface area contributed by atoms with Crippen molar-refractivity contribution < 1.29 is 9.84 Å². The van der Waals surface area contributed by atoms with Crippen LogP contribution in [0.5, 0.6) is 5.75 Å². The molecule has 2 unspecified atom stereocenters. The molecule has 0 spiro atoms. The monoisotopic (exact) mass is 291 g/mol. The summed E-state index contributed by atoms with van der Waals surface area (Å²) >= 11 is 12.0. The number of hydrogen-bond acceptors (Lipinski definition) is 3. The topological polar surface area (TPSA) is 41.5 Å². The van der Waals surface area contributed by atoms with Crippen LogP contribution >= 0.6 is 23.2 Å². The van der Waals surface area contributed by atoms with Crippen molar-refractivity contribution >= 4 is 23.2 Å². The van der Waals surface area contributed by atoms with Crippen LogP contribution in [0.1, 0.15) is 19.4 Å². The van der Waals surface area contributed by atoms with Gasteiger partial charge in [0.05, 0.1) is 12.1 Å². The third kappa shape index (κ3) is 4.02. The van der Waals surface area contributed by atoms with Gasteiger partial charge in [-0.1, -0.05) is 30.1 Å². The fourth-order valence-corrected chi connectivity index (χ4v) is 2.22. The minimum Gasteiger partial charge on any atom is -0.495 e. The highest BCUT2D eigenvalue weighted by Gasteiger charge is 2.13. The second kappa shape index (κ2) is 7.19. The van der Waals surface area contributed by atoms with Gasteiger partial charge >= 0.3 is 0 Å². The number of benzene rings is 1. The molecule has 0 aliphatic carbocycles. The van der Waals surface area contributed by atoms with E-state index < -0.39 is 0 Å². The minimum absolute atomic E-state index is 0.154. The molecular weight excluding hydrogens is 273 g/mol. The van der Waals surface area contributed by atoms with Crippen LogP contribution in [0, 0.1) is 5.92 Å². The summed E-state index contributed by atoms with van der Waals surface area (Å²) in [6.45, 7) is 4.76. The molecule has 1 aromatic rings. The summed E-state index contributed by atoms with van der Waals surface area (Å²) in [6, 6.07) is 3.68. The SMILES string of the molecule is COc1c(Cl)cc(Cl)cc1CNC(C)C(C)CO. The fraction of sp³-hybridized carbons (Fsp3) is 0.538. The van der Waals surface area contributed by atoms with Gasteiger partial charge in [0, 0.05) is 29.8 Å². The van der Waals surface area contributed by atoms with Crippen molar-refractivity contribution in [1.29, 1.82) is 0 Å². The molecule has 0 amide bonds. The number of halogens is 2. The zero-order chi connectivity index (χ0) is 13.7. The number of aliphatic hydroxyl groups is 1. The van der Waals surface area contributed by atoms with E-state index in [1.165, 1.54) is 0 Å². The van der Waals surface area contributed by atoms with Crippen molar-refractivity contribution in [2.45, 2.75) is 26.4 Å². The molecule has 0 bridgehead atoms. The molecule has 2 atom stereocenters. The van der Waals surface area contributed by atoms with Crippen LogP contribution in [-0.2, 0) is 6.54 Å². The Morgan fingerprint density at radius 2 is 2.00 bits per heavy atom. The van der Waals surface area contributed by atoms with Gasteiger partial charge < -0.3 is 15.2 Å². The predicted octanol–water partition coefficient (Wildman–Crippen LogP) is 3.11. The average Bonchev–Trinajstić information content (AvgIpc) is 2.34. The van der Waals surface area contributed by atoms with Gasteiger partial charge in [-0.2, -0.15) is 0 Å². The molecule has 0 heterocycles. The number of nitrogens with one attached hydrogen (secondary N) is 1. The predicted molar refractivity (Wildman–Crippen MR) is 75.6 cm³/mol. The Balaban J connectivity index is 2.78. The van der Waals surface area contributed by atoms with Crippen LogP contribution in [0.3, 0.4) is 0 Å². The lowest BCUT2D eigenvalue weighted by Crippen LogP contribution is -2.33. The fourth-order valence-electron chi connectivity index (χ4n) is 1.60. The summed E-state index contributed by atoms with van der Waals surface area (Å²) in [4.78, 5) is 0. The van der Waals surface area contributed by atoms with E-state index in [1.54, 1.807) is 13.2 Å². The first kappa shape index (κ1) is 15.6.